The summed E-state index contributed by atoms with van der Waals surface area (Å²) >= 11 is 1.87. The Morgan fingerprint density at radius 3 is 2.27 bits per heavy atom. The first-order valence-electron chi connectivity index (χ1n) is 11.4. The fraction of sp³-hybridized carbons (Fsp3) is 0.115. The molecular weight excluding hydrogens is 639 g/mol. The molecule has 1 aliphatic heterocycles. The molecule has 0 spiro atoms. The number of imide groups is 2. The number of halogens is 1. The summed E-state index contributed by atoms with van der Waals surface area (Å²) in [6.45, 7) is 3.71. The molecule has 4 rings (SSSR count). The van der Waals surface area contributed by atoms with E-state index in [1.54, 1.807) is 18.2 Å². The fourth-order valence-electron chi connectivity index (χ4n) is 3.80. The number of aryl methyl sites for hydroxylation is 2. The number of carbonyl (C=O) groups excluding carboxylic acids is 3. The highest BCUT2D eigenvalue weighted by atomic mass is 127. The zero-order valence-corrected chi connectivity index (χ0v) is 23.2. The monoisotopic (exact) mass is 658 g/mol. The summed E-state index contributed by atoms with van der Waals surface area (Å²) in [5, 5.41) is 24.7. The number of nitro benzene ring substituents is 2. The number of barbiturate groups is 1. The van der Waals surface area contributed by atoms with Crippen molar-refractivity contribution >= 4 is 63.6 Å². The van der Waals surface area contributed by atoms with Crippen LogP contribution in [-0.4, -0.2) is 34.8 Å². The van der Waals surface area contributed by atoms with Crippen molar-refractivity contribution in [2.24, 2.45) is 0 Å². The van der Waals surface area contributed by atoms with E-state index in [2.05, 4.69) is 5.32 Å². The predicted octanol–water partition coefficient (Wildman–Crippen LogP) is 5.19. The predicted molar refractivity (Wildman–Crippen MR) is 150 cm³/mol. The summed E-state index contributed by atoms with van der Waals surface area (Å²) in [4.78, 5) is 60.3. The summed E-state index contributed by atoms with van der Waals surface area (Å²) in [6.07, 6.45) is 1.28. The first-order chi connectivity index (χ1) is 18.9. The SMILES string of the molecule is COc1cc(C=C2C(=O)NC(=O)N(c3ccc(C)c(C)c3)C2=O)cc(I)c1Oc1ccc([N+](=O)[O-])cc1[N+](=O)[O-]. The Kier molecular flexibility index (Phi) is 7.81. The second-order valence-corrected chi connectivity index (χ2v) is 9.69. The molecular formula is C26H19IN4O9. The van der Waals surface area contributed by atoms with Gasteiger partial charge < -0.3 is 9.47 Å². The zero-order valence-electron chi connectivity index (χ0n) is 21.1. The van der Waals surface area contributed by atoms with Crippen LogP contribution in [0.3, 0.4) is 0 Å². The number of nitro groups is 2. The quantitative estimate of drug-likeness (QED) is 0.118. The molecule has 1 fully saturated rings. The third kappa shape index (κ3) is 5.47. The maximum atomic E-state index is 13.3. The number of amides is 4. The van der Waals surface area contributed by atoms with Crippen LogP contribution in [0.2, 0.25) is 0 Å². The van der Waals surface area contributed by atoms with E-state index >= 15 is 0 Å². The van der Waals surface area contributed by atoms with Crippen molar-refractivity contribution < 1.29 is 33.7 Å². The number of carbonyl (C=O) groups is 3. The van der Waals surface area contributed by atoms with Gasteiger partial charge in [-0.3, -0.25) is 35.1 Å². The average molecular weight is 658 g/mol. The number of ether oxygens (including phenoxy) is 2. The summed E-state index contributed by atoms with van der Waals surface area (Å²) in [5.74, 6) is -1.81. The summed E-state index contributed by atoms with van der Waals surface area (Å²) in [5.41, 5.74) is 1.03. The number of urea groups is 1. The highest BCUT2D eigenvalue weighted by molar-refractivity contribution is 14.1. The molecule has 14 heteroatoms. The Labute approximate surface area is 239 Å². The van der Waals surface area contributed by atoms with Crippen LogP contribution in [0.5, 0.6) is 17.2 Å². The van der Waals surface area contributed by atoms with E-state index in [0.717, 1.165) is 34.2 Å². The van der Waals surface area contributed by atoms with E-state index in [0.29, 0.717) is 14.8 Å². The second-order valence-electron chi connectivity index (χ2n) is 8.53. The highest BCUT2D eigenvalue weighted by Crippen LogP contribution is 2.41. The number of hydrogen-bond acceptors (Lipinski definition) is 9. The minimum atomic E-state index is -0.883. The summed E-state index contributed by atoms with van der Waals surface area (Å²) in [7, 11) is 1.32. The molecule has 0 aromatic heterocycles. The lowest BCUT2D eigenvalue weighted by atomic mass is 10.0. The van der Waals surface area contributed by atoms with E-state index in [1.807, 2.05) is 36.4 Å². The Balaban J connectivity index is 1.72. The van der Waals surface area contributed by atoms with Crippen LogP contribution < -0.4 is 19.7 Å². The molecule has 1 saturated heterocycles. The third-order valence-electron chi connectivity index (χ3n) is 5.98. The van der Waals surface area contributed by atoms with Crippen LogP contribution in [0.25, 0.3) is 6.08 Å². The molecule has 0 aliphatic carbocycles. The van der Waals surface area contributed by atoms with Crippen molar-refractivity contribution in [2.75, 3.05) is 12.0 Å². The molecule has 4 amide bonds. The van der Waals surface area contributed by atoms with Gasteiger partial charge in [-0.05, 0) is 89.5 Å². The van der Waals surface area contributed by atoms with Crippen molar-refractivity contribution in [3.05, 3.63) is 94.6 Å². The van der Waals surface area contributed by atoms with E-state index < -0.39 is 39.1 Å². The van der Waals surface area contributed by atoms with Crippen LogP contribution in [-0.2, 0) is 9.59 Å². The number of rotatable bonds is 7. The molecule has 0 radical (unpaired) electrons. The van der Waals surface area contributed by atoms with Gasteiger partial charge in [0.15, 0.2) is 11.5 Å². The first-order valence-corrected chi connectivity index (χ1v) is 12.5. The number of anilines is 1. The lowest BCUT2D eigenvalue weighted by Crippen LogP contribution is -2.54. The maximum Gasteiger partial charge on any atom is 0.335 e. The normalized spacial score (nSPS) is 14.2. The van der Waals surface area contributed by atoms with E-state index in [9.17, 15) is 34.6 Å². The standard InChI is InChI=1S/C26H19IN4O9/c1-13-4-5-16(8-14(13)2)29-25(33)18(24(32)28-26(29)34)9-15-10-19(27)23(22(11-15)39-3)40-21-7-6-17(30(35)36)12-20(21)31(37)38/h4-12H,1-3H3,(H,28,32,34). The Hall–Kier alpha value is -4.86. The van der Waals surface area contributed by atoms with Crippen molar-refractivity contribution in [3.8, 4) is 17.2 Å². The fourth-order valence-corrected chi connectivity index (χ4v) is 4.54. The van der Waals surface area contributed by atoms with Gasteiger partial charge in [0.25, 0.3) is 17.5 Å². The van der Waals surface area contributed by atoms with Crippen molar-refractivity contribution in [1.29, 1.82) is 0 Å². The smallest absolute Gasteiger partial charge is 0.335 e. The Bertz CT molecular complexity index is 1650. The molecule has 204 valence electrons. The number of benzene rings is 3. The van der Waals surface area contributed by atoms with Gasteiger partial charge in [0.1, 0.15) is 5.57 Å². The topological polar surface area (TPSA) is 171 Å². The van der Waals surface area contributed by atoms with Gasteiger partial charge in [0.2, 0.25) is 5.75 Å². The summed E-state index contributed by atoms with van der Waals surface area (Å²) in [6, 6.07) is 10.0. The van der Waals surface area contributed by atoms with Crippen LogP contribution in [0.15, 0.2) is 54.1 Å². The minimum Gasteiger partial charge on any atom is -0.493 e. The molecule has 0 bridgehead atoms. The molecule has 1 heterocycles. The number of nitrogens with one attached hydrogen (secondary N) is 1. The molecule has 3 aromatic carbocycles. The second kappa shape index (κ2) is 11.1. The van der Waals surface area contributed by atoms with Gasteiger partial charge in [0.05, 0.1) is 32.3 Å². The summed E-state index contributed by atoms with van der Waals surface area (Å²) < 4.78 is 11.5. The number of non-ortho nitro benzene ring substituents is 1. The molecule has 0 unspecified atom stereocenters. The van der Waals surface area contributed by atoms with Crippen molar-refractivity contribution in [2.45, 2.75) is 13.8 Å². The molecule has 0 atom stereocenters. The van der Waals surface area contributed by atoms with E-state index in [-0.39, 0.29) is 22.8 Å². The van der Waals surface area contributed by atoms with Crippen molar-refractivity contribution in [3.63, 3.8) is 0 Å². The van der Waals surface area contributed by atoms with Crippen LogP contribution in [0.1, 0.15) is 16.7 Å². The largest absolute Gasteiger partial charge is 0.493 e. The zero-order chi connectivity index (χ0) is 29.3. The molecule has 40 heavy (non-hydrogen) atoms. The highest BCUT2D eigenvalue weighted by Gasteiger charge is 2.37. The van der Waals surface area contributed by atoms with Crippen LogP contribution >= 0.6 is 22.6 Å². The van der Waals surface area contributed by atoms with Gasteiger partial charge in [-0.1, -0.05) is 6.07 Å². The number of hydrogen-bond donors (Lipinski definition) is 1. The molecule has 1 aliphatic rings. The van der Waals surface area contributed by atoms with Crippen LogP contribution in [0, 0.1) is 37.6 Å². The molecule has 13 nitrogen and oxygen atoms in total. The third-order valence-corrected chi connectivity index (χ3v) is 6.78. The van der Waals surface area contributed by atoms with Gasteiger partial charge >= 0.3 is 11.7 Å². The average Bonchev–Trinajstić information content (AvgIpc) is 2.89. The molecule has 1 N–H and O–H groups in total. The van der Waals surface area contributed by atoms with E-state index in [4.69, 9.17) is 9.47 Å². The van der Waals surface area contributed by atoms with Gasteiger partial charge in [-0.25, -0.2) is 9.69 Å². The lowest BCUT2D eigenvalue weighted by molar-refractivity contribution is -0.394. The Morgan fingerprint density at radius 1 is 0.925 bits per heavy atom. The van der Waals surface area contributed by atoms with Crippen LogP contribution in [0.4, 0.5) is 21.9 Å². The lowest BCUT2D eigenvalue weighted by Gasteiger charge is -2.27. The van der Waals surface area contributed by atoms with Gasteiger partial charge in [0, 0.05) is 6.07 Å². The number of nitrogens with zero attached hydrogens (tertiary/aromatic N) is 3. The minimum absolute atomic E-state index is 0.0635. The van der Waals surface area contributed by atoms with E-state index in [1.165, 1.54) is 25.3 Å². The maximum absolute atomic E-state index is 13.3. The molecule has 0 saturated carbocycles. The molecule has 3 aromatic rings. The first kappa shape index (κ1) is 28.2. The van der Waals surface area contributed by atoms with Crippen molar-refractivity contribution in [1.82, 2.24) is 5.32 Å². The van der Waals surface area contributed by atoms with Gasteiger partial charge in [-0.15, -0.1) is 0 Å². The number of methoxy groups -OCH3 is 1. The Morgan fingerprint density at radius 2 is 1.65 bits per heavy atom. The van der Waals surface area contributed by atoms with Gasteiger partial charge in [-0.2, -0.15) is 0 Å².